The first-order valence-corrected chi connectivity index (χ1v) is 35.5. The number of ether oxygens (including phenoxy) is 8. The van der Waals surface area contributed by atoms with Crippen LogP contribution in [0.15, 0.2) is 24.3 Å². The zero-order chi connectivity index (χ0) is 66.3. The van der Waals surface area contributed by atoms with E-state index in [-0.39, 0.29) is 12.3 Å². The number of unbranched alkanes of at least 4 members (excludes halogenated alkanes) is 30. The van der Waals surface area contributed by atoms with E-state index in [0.717, 1.165) is 44.9 Å². The predicted octanol–water partition coefficient (Wildman–Crippen LogP) is 5.56. The summed E-state index contributed by atoms with van der Waals surface area (Å²) >= 11 is 0. The number of rotatable bonds is 50. The molecule has 8 unspecified atom stereocenters. The molecule has 23 heteroatoms. The van der Waals surface area contributed by atoms with Crippen molar-refractivity contribution >= 4 is 5.91 Å². The molecule has 22 atom stereocenters. The van der Waals surface area contributed by atoms with Crippen LogP contribution in [0.1, 0.15) is 239 Å². The molecule has 4 rings (SSSR count). The fourth-order valence-corrected chi connectivity index (χ4v) is 12.3. The van der Waals surface area contributed by atoms with Gasteiger partial charge in [0.25, 0.3) is 0 Å². The normalized spacial score (nSPS) is 33.1. The lowest BCUT2D eigenvalue weighted by Gasteiger charge is -2.50. The van der Waals surface area contributed by atoms with Crippen molar-refractivity contribution in [3.63, 3.8) is 0 Å². The smallest absolute Gasteiger partial charge is 0.220 e. The number of allylic oxidation sites excluding steroid dienone is 3. The molecular formula is C68H125NO22. The lowest BCUT2D eigenvalue weighted by Crippen LogP contribution is -2.68. The van der Waals surface area contributed by atoms with Crippen molar-refractivity contribution in [1.29, 1.82) is 0 Å². The zero-order valence-corrected chi connectivity index (χ0v) is 55.4. The highest BCUT2D eigenvalue weighted by molar-refractivity contribution is 5.76. The highest BCUT2D eigenvalue weighted by atomic mass is 16.8. The van der Waals surface area contributed by atoms with Gasteiger partial charge in [-0.1, -0.05) is 205 Å². The lowest BCUT2D eigenvalue weighted by molar-refractivity contribution is -0.405. The monoisotopic (exact) mass is 1310 g/mol. The molecule has 91 heavy (non-hydrogen) atoms. The van der Waals surface area contributed by atoms with E-state index < -0.39 is 161 Å². The summed E-state index contributed by atoms with van der Waals surface area (Å²) in [4.78, 5) is 13.5. The number of nitrogens with one attached hydrogen (secondary N) is 1. The van der Waals surface area contributed by atoms with Gasteiger partial charge in [0, 0.05) is 6.42 Å². The van der Waals surface area contributed by atoms with Crippen molar-refractivity contribution in [2.45, 2.75) is 374 Å². The van der Waals surface area contributed by atoms with Crippen molar-refractivity contribution < 1.29 is 109 Å². The first-order valence-electron chi connectivity index (χ1n) is 35.5. The average molecular weight is 1310 g/mol. The number of hydrogen-bond donors (Lipinski definition) is 14. The minimum absolute atomic E-state index is 0.206. The molecule has 0 spiro atoms. The molecule has 4 aliphatic heterocycles. The average Bonchev–Trinajstić information content (AvgIpc) is 0.965. The summed E-state index contributed by atoms with van der Waals surface area (Å²) in [5.41, 5.74) is 0. The van der Waals surface area contributed by atoms with Crippen LogP contribution in [-0.4, -0.2) is 234 Å². The maximum Gasteiger partial charge on any atom is 0.220 e. The third-order valence-corrected chi connectivity index (χ3v) is 18.3. The molecule has 4 heterocycles. The number of aliphatic hydroxyl groups excluding tert-OH is 13. The number of carbonyl (C=O) groups excluding carboxylic acids is 1. The van der Waals surface area contributed by atoms with Gasteiger partial charge in [0.1, 0.15) is 91.6 Å². The molecule has 0 saturated carbocycles. The van der Waals surface area contributed by atoms with Gasteiger partial charge in [0.05, 0.1) is 44.7 Å². The summed E-state index contributed by atoms with van der Waals surface area (Å²) in [6.07, 6.45) is 10.6. The topological polar surface area (TPSA) is 366 Å². The number of amides is 1. The van der Waals surface area contributed by atoms with Gasteiger partial charge in [0.2, 0.25) is 5.91 Å². The summed E-state index contributed by atoms with van der Waals surface area (Å²) in [7, 11) is 0. The Labute approximate surface area is 543 Å². The summed E-state index contributed by atoms with van der Waals surface area (Å²) in [5.74, 6) is -0.311. The van der Waals surface area contributed by atoms with Crippen LogP contribution in [0.4, 0.5) is 0 Å². The van der Waals surface area contributed by atoms with Crippen LogP contribution in [0.3, 0.4) is 0 Å². The molecular weight excluding hydrogens is 1180 g/mol. The molecule has 0 aromatic heterocycles. The van der Waals surface area contributed by atoms with E-state index in [0.29, 0.717) is 12.8 Å². The second kappa shape index (κ2) is 47.9. The maximum atomic E-state index is 13.5. The lowest BCUT2D eigenvalue weighted by atomic mass is 9.95. The first kappa shape index (κ1) is 81.5. The minimum atomic E-state index is -2.02. The Balaban J connectivity index is 1.33. The van der Waals surface area contributed by atoms with Gasteiger partial charge in [-0.15, -0.1) is 0 Å². The van der Waals surface area contributed by atoms with Crippen molar-refractivity contribution in [3.05, 3.63) is 24.3 Å². The van der Waals surface area contributed by atoms with E-state index in [1.54, 1.807) is 6.08 Å². The Bertz CT molecular complexity index is 1870. The molecule has 0 radical (unpaired) electrons. The number of aliphatic hydroxyl groups is 13. The highest BCUT2D eigenvalue weighted by Crippen LogP contribution is 2.36. The molecule has 534 valence electrons. The van der Waals surface area contributed by atoms with E-state index in [1.807, 2.05) is 6.08 Å². The first-order chi connectivity index (χ1) is 44.0. The molecule has 0 aliphatic carbocycles. The molecule has 4 saturated heterocycles. The second-order valence-electron chi connectivity index (χ2n) is 26.0. The molecule has 4 aliphatic rings. The standard InChI is InChI=1S/C68H125NO22/c1-4-6-8-10-12-14-16-18-19-20-21-22-23-24-25-26-27-29-31-33-35-37-39-41-52(74)69-47(48(73)40-38-36-34-32-30-28-17-15-13-11-9-7-5-2)45-84-65-61(83)58(80)62(51(44-72)88-65)89-68-64(91-66-59(81)56(78)53(75)46(3)85-66)63(55(77)50(43-71)87-68)90-67-60(82)57(79)54(76)49(42-70)86-67/h18-19,38,40,46-51,53-68,70-73,75-83H,4-17,20-37,39,41-45H2,1-3H3,(H,69,74)/b19-18-,40-38+/t46?,47-,48+,49?,50?,51?,53+,54-,55-,56?,57-,58+,59-,60?,61?,62+,63-,64?,65+,66+,67+,68-/m0/s1. The maximum absolute atomic E-state index is 13.5. The SMILES string of the molecule is CCCCCCCC/C=C\CCCCCCCCCCCCCCCC(=O)N[C@@H](CO[C@@H]1OC(CO)[C@@H](O[C@@H]2OC(CO)[C@H](O)[C@H](O[C@H]3OC(CO)[C@H](O)[C@H](O)C3O)C2O[C@H]2OC(C)[C@@H](O)C(O)[C@@H]2O)[C@H](O)C1O)[C@H](O)/C=C/CCCCCCCCCCCCC. The summed E-state index contributed by atoms with van der Waals surface area (Å²) in [6.45, 7) is 2.74. The number of carbonyl (C=O) groups is 1. The Morgan fingerprint density at radius 2 is 0.791 bits per heavy atom. The van der Waals surface area contributed by atoms with E-state index in [9.17, 15) is 71.2 Å². The predicted molar refractivity (Wildman–Crippen MR) is 341 cm³/mol. The van der Waals surface area contributed by atoms with E-state index >= 15 is 0 Å². The van der Waals surface area contributed by atoms with Crippen LogP contribution in [0.5, 0.6) is 0 Å². The molecule has 14 N–H and O–H groups in total. The third kappa shape index (κ3) is 29.4. The van der Waals surface area contributed by atoms with Crippen LogP contribution < -0.4 is 5.32 Å². The molecule has 23 nitrogen and oxygen atoms in total. The highest BCUT2D eigenvalue weighted by Gasteiger charge is 2.56. The van der Waals surface area contributed by atoms with E-state index in [4.69, 9.17) is 37.9 Å². The van der Waals surface area contributed by atoms with Crippen LogP contribution in [0.2, 0.25) is 0 Å². The van der Waals surface area contributed by atoms with Gasteiger partial charge >= 0.3 is 0 Å². The molecule has 1 amide bonds. The second-order valence-corrected chi connectivity index (χ2v) is 26.0. The minimum Gasteiger partial charge on any atom is -0.394 e. The van der Waals surface area contributed by atoms with Crippen LogP contribution >= 0.6 is 0 Å². The largest absolute Gasteiger partial charge is 0.394 e. The van der Waals surface area contributed by atoms with Gasteiger partial charge in [-0.2, -0.15) is 0 Å². The summed E-state index contributed by atoms with van der Waals surface area (Å²) in [6, 6.07) is -1.03. The Morgan fingerprint density at radius 1 is 0.407 bits per heavy atom. The summed E-state index contributed by atoms with van der Waals surface area (Å²) in [5, 5.41) is 145. The molecule has 4 fully saturated rings. The van der Waals surface area contributed by atoms with Crippen molar-refractivity contribution in [1.82, 2.24) is 5.32 Å². The van der Waals surface area contributed by atoms with Gasteiger partial charge in [-0.25, -0.2) is 0 Å². The van der Waals surface area contributed by atoms with Crippen LogP contribution in [-0.2, 0) is 42.7 Å². The summed E-state index contributed by atoms with van der Waals surface area (Å²) < 4.78 is 47.4. The fraction of sp³-hybridized carbons (Fsp3) is 0.926. The van der Waals surface area contributed by atoms with Gasteiger partial charge in [-0.3, -0.25) is 4.79 Å². The Morgan fingerprint density at radius 3 is 1.29 bits per heavy atom. The quantitative estimate of drug-likeness (QED) is 0.0262. The molecule has 0 aromatic carbocycles. The van der Waals surface area contributed by atoms with Crippen molar-refractivity contribution in [2.24, 2.45) is 0 Å². The number of hydrogen-bond acceptors (Lipinski definition) is 22. The van der Waals surface area contributed by atoms with Gasteiger partial charge in [-0.05, 0) is 51.9 Å². The van der Waals surface area contributed by atoms with Gasteiger partial charge in [0.15, 0.2) is 25.2 Å². The third-order valence-electron chi connectivity index (χ3n) is 18.3. The Hall–Kier alpha value is -1.89. The van der Waals surface area contributed by atoms with E-state index in [1.165, 1.54) is 161 Å². The van der Waals surface area contributed by atoms with E-state index in [2.05, 4.69) is 31.3 Å². The molecule has 0 aromatic rings. The molecule has 0 bridgehead atoms. The van der Waals surface area contributed by atoms with Gasteiger partial charge < -0.3 is 110 Å². The Kier molecular flexibility index (Phi) is 42.9. The van der Waals surface area contributed by atoms with Crippen LogP contribution in [0.25, 0.3) is 0 Å². The van der Waals surface area contributed by atoms with Crippen molar-refractivity contribution in [3.8, 4) is 0 Å². The fourth-order valence-electron chi connectivity index (χ4n) is 12.3. The van der Waals surface area contributed by atoms with Crippen molar-refractivity contribution in [2.75, 3.05) is 26.4 Å². The van der Waals surface area contributed by atoms with Crippen LogP contribution in [0, 0.1) is 0 Å². The zero-order valence-electron chi connectivity index (χ0n) is 55.4.